The second-order valence-electron chi connectivity index (χ2n) is 5.77. The highest BCUT2D eigenvalue weighted by Crippen LogP contribution is 2.25. The lowest BCUT2D eigenvalue weighted by Crippen LogP contribution is -2.14. The number of aromatic nitrogens is 2. The molecule has 1 unspecified atom stereocenters. The minimum Gasteiger partial charge on any atom is -0.317 e. The Kier molecular flexibility index (Phi) is 4.26. The van der Waals surface area contributed by atoms with Gasteiger partial charge in [0.25, 0.3) is 0 Å². The van der Waals surface area contributed by atoms with Crippen molar-refractivity contribution in [2.24, 2.45) is 5.92 Å². The van der Waals surface area contributed by atoms with Gasteiger partial charge in [0.2, 0.25) is 0 Å². The average molecular weight is 269 g/mol. The van der Waals surface area contributed by atoms with Crippen LogP contribution in [0.25, 0.3) is 10.9 Å². The van der Waals surface area contributed by atoms with Crippen LogP contribution in [0.5, 0.6) is 0 Å². The first kappa shape index (κ1) is 13.5. The van der Waals surface area contributed by atoms with E-state index >= 15 is 0 Å². The second-order valence-corrected chi connectivity index (χ2v) is 5.77. The molecule has 1 N–H and O–H groups in total. The monoisotopic (exact) mass is 269 g/mol. The lowest BCUT2D eigenvalue weighted by Gasteiger charge is -2.16. The van der Waals surface area contributed by atoms with E-state index in [1.54, 1.807) is 0 Å². The number of aryl methyl sites for hydroxylation is 1. The highest BCUT2D eigenvalue weighted by atomic mass is 14.8. The Morgan fingerprint density at radius 2 is 2.25 bits per heavy atom. The lowest BCUT2D eigenvalue weighted by atomic mass is 9.91. The van der Waals surface area contributed by atoms with E-state index in [4.69, 9.17) is 4.98 Å². The molecule has 3 nitrogen and oxygen atoms in total. The zero-order valence-electron chi connectivity index (χ0n) is 12.2. The molecule has 0 spiro atoms. The minimum atomic E-state index is 0.792. The predicted octanol–water partition coefficient (Wildman–Crippen LogP) is 3.12. The molecule has 2 aromatic heterocycles. The first-order valence-electron chi connectivity index (χ1n) is 7.80. The smallest absolute Gasteiger partial charge is 0.0738 e. The first-order valence-corrected chi connectivity index (χ1v) is 7.80. The van der Waals surface area contributed by atoms with Gasteiger partial charge in [0.15, 0.2) is 0 Å². The number of hydrogen-bond donors (Lipinski definition) is 1. The molecule has 2 aromatic rings. The second kappa shape index (κ2) is 6.31. The van der Waals surface area contributed by atoms with Gasteiger partial charge in [-0.15, -0.1) is 0 Å². The fraction of sp³-hybridized carbons (Fsp3) is 0.529. The summed E-state index contributed by atoms with van der Waals surface area (Å²) in [7, 11) is 0. The van der Waals surface area contributed by atoms with Gasteiger partial charge in [-0.25, -0.2) is 0 Å². The third kappa shape index (κ3) is 2.98. The first-order chi connectivity index (χ1) is 9.86. The van der Waals surface area contributed by atoms with Gasteiger partial charge >= 0.3 is 0 Å². The van der Waals surface area contributed by atoms with Crippen LogP contribution in [0.4, 0.5) is 0 Å². The highest BCUT2D eigenvalue weighted by molar-refractivity contribution is 5.81. The standard InChI is InChI=1S/C17H23N3/c1-2-15-11-14(10-13-4-3-7-18-8-5-13)16-12-19-9-6-17(16)20-15/h6,9,11-13,18H,2-5,7-8,10H2,1H3. The van der Waals surface area contributed by atoms with Crippen LogP contribution in [-0.4, -0.2) is 23.1 Å². The van der Waals surface area contributed by atoms with Crippen molar-refractivity contribution in [3.63, 3.8) is 0 Å². The van der Waals surface area contributed by atoms with E-state index in [1.807, 2.05) is 18.5 Å². The third-order valence-corrected chi connectivity index (χ3v) is 4.32. The Labute approximate surface area is 120 Å². The summed E-state index contributed by atoms with van der Waals surface area (Å²) in [5.41, 5.74) is 3.73. The SMILES string of the molecule is CCc1cc(CC2CCCNCC2)c2cnccc2n1. The normalized spacial score (nSPS) is 19.9. The lowest BCUT2D eigenvalue weighted by molar-refractivity contribution is 0.471. The average Bonchev–Trinajstić information content (AvgIpc) is 2.75. The molecule has 1 aliphatic rings. The van der Waals surface area contributed by atoms with E-state index in [2.05, 4.69) is 23.3 Å². The van der Waals surface area contributed by atoms with Crippen LogP contribution < -0.4 is 5.32 Å². The summed E-state index contributed by atoms with van der Waals surface area (Å²) in [6.45, 7) is 4.51. The van der Waals surface area contributed by atoms with E-state index in [9.17, 15) is 0 Å². The Morgan fingerprint density at radius 3 is 3.15 bits per heavy atom. The fourth-order valence-corrected chi connectivity index (χ4v) is 3.15. The number of rotatable bonds is 3. The van der Waals surface area contributed by atoms with Crippen LogP contribution in [0.15, 0.2) is 24.5 Å². The number of hydrogen-bond acceptors (Lipinski definition) is 3. The van der Waals surface area contributed by atoms with Crippen molar-refractivity contribution in [1.29, 1.82) is 0 Å². The molecule has 3 heteroatoms. The molecule has 0 bridgehead atoms. The van der Waals surface area contributed by atoms with Crippen molar-refractivity contribution in [3.8, 4) is 0 Å². The molecule has 1 fully saturated rings. The summed E-state index contributed by atoms with van der Waals surface area (Å²) in [4.78, 5) is 9.00. The molecule has 3 heterocycles. The minimum absolute atomic E-state index is 0.792. The van der Waals surface area contributed by atoms with Gasteiger partial charge in [-0.3, -0.25) is 9.97 Å². The van der Waals surface area contributed by atoms with Crippen LogP contribution in [0.3, 0.4) is 0 Å². The molecule has 20 heavy (non-hydrogen) atoms. The summed E-state index contributed by atoms with van der Waals surface area (Å²) < 4.78 is 0. The van der Waals surface area contributed by atoms with Crippen molar-refractivity contribution in [1.82, 2.24) is 15.3 Å². The van der Waals surface area contributed by atoms with Crippen molar-refractivity contribution in [2.45, 2.75) is 39.0 Å². The molecule has 3 rings (SSSR count). The summed E-state index contributed by atoms with van der Waals surface area (Å²) in [6.07, 6.45) is 9.90. The van der Waals surface area contributed by atoms with Crippen LogP contribution in [0.1, 0.15) is 37.4 Å². The Balaban J connectivity index is 1.92. The van der Waals surface area contributed by atoms with Gasteiger partial charge in [0.1, 0.15) is 0 Å². The van der Waals surface area contributed by atoms with E-state index in [-0.39, 0.29) is 0 Å². The van der Waals surface area contributed by atoms with E-state index in [0.717, 1.165) is 24.4 Å². The van der Waals surface area contributed by atoms with Crippen molar-refractivity contribution in [3.05, 3.63) is 35.8 Å². The van der Waals surface area contributed by atoms with Crippen LogP contribution >= 0.6 is 0 Å². The maximum absolute atomic E-state index is 4.71. The maximum Gasteiger partial charge on any atom is 0.0738 e. The van der Waals surface area contributed by atoms with Crippen LogP contribution in [-0.2, 0) is 12.8 Å². The summed E-state index contributed by atoms with van der Waals surface area (Å²) in [5.74, 6) is 0.792. The van der Waals surface area contributed by atoms with Gasteiger partial charge in [-0.1, -0.05) is 6.92 Å². The Morgan fingerprint density at radius 1 is 1.30 bits per heavy atom. The molecule has 0 aromatic carbocycles. The molecule has 1 saturated heterocycles. The number of nitrogens with zero attached hydrogens (tertiary/aromatic N) is 2. The zero-order chi connectivity index (χ0) is 13.8. The molecule has 0 amide bonds. The summed E-state index contributed by atoms with van der Waals surface area (Å²) in [5, 5.41) is 4.74. The zero-order valence-corrected chi connectivity index (χ0v) is 12.2. The maximum atomic E-state index is 4.71. The Bertz CT molecular complexity index is 571. The molecule has 1 aliphatic heterocycles. The van der Waals surface area contributed by atoms with Crippen LogP contribution in [0, 0.1) is 5.92 Å². The van der Waals surface area contributed by atoms with Gasteiger partial charge in [-0.05, 0) is 68.8 Å². The Hall–Kier alpha value is -1.48. The topological polar surface area (TPSA) is 37.8 Å². The van der Waals surface area contributed by atoms with Crippen molar-refractivity contribution >= 4 is 10.9 Å². The number of pyridine rings is 2. The number of nitrogens with one attached hydrogen (secondary N) is 1. The fourth-order valence-electron chi connectivity index (χ4n) is 3.15. The molecule has 0 saturated carbocycles. The molecule has 1 atom stereocenters. The third-order valence-electron chi connectivity index (χ3n) is 4.32. The largest absolute Gasteiger partial charge is 0.317 e. The van der Waals surface area contributed by atoms with Crippen LogP contribution in [0.2, 0.25) is 0 Å². The van der Waals surface area contributed by atoms with E-state index < -0.39 is 0 Å². The van der Waals surface area contributed by atoms with Gasteiger partial charge in [0.05, 0.1) is 5.52 Å². The molecule has 0 radical (unpaired) electrons. The molecule has 0 aliphatic carbocycles. The summed E-state index contributed by atoms with van der Waals surface area (Å²) in [6, 6.07) is 4.33. The van der Waals surface area contributed by atoms with Crippen molar-refractivity contribution < 1.29 is 0 Å². The number of fused-ring (bicyclic) bond motifs is 1. The highest BCUT2D eigenvalue weighted by Gasteiger charge is 2.15. The van der Waals surface area contributed by atoms with Gasteiger partial charge < -0.3 is 5.32 Å². The predicted molar refractivity (Wildman–Crippen MR) is 82.8 cm³/mol. The summed E-state index contributed by atoms with van der Waals surface area (Å²) >= 11 is 0. The molecule has 106 valence electrons. The van der Waals surface area contributed by atoms with E-state index in [1.165, 1.54) is 48.9 Å². The van der Waals surface area contributed by atoms with Gasteiger partial charge in [0, 0.05) is 23.5 Å². The van der Waals surface area contributed by atoms with Crippen molar-refractivity contribution in [2.75, 3.05) is 13.1 Å². The molecular weight excluding hydrogens is 246 g/mol. The van der Waals surface area contributed by atoms with Gasteiger partial charge in [-0.2, -0.15) is 0 Å². The molecular formula is C17H23N3. The van der Waals surface area contributed by atoms with E-state index in [0.29, 0.717) is 0 Å². The quantitative estimate of drug-likeness (QED) is 0.930.